The Labute approximate surface area is 116 Å². The summed E-state index contributed by atoms with van der Waals surface area (Å²) in [6.07, 6.45) is 1.14. The molecule has 0 unspecified atom stereocenters. The predicted octanol–water partition coefficient (Wildman–Crippen LogP) is 3.50. The second-order valence-electron chi connectivity index (χ2n) is 3.38. The minimum Gasteiger partial charge on any atom is -0.365 e. The third kappa shape index (κ3) is 4.36. The fourth-order valence-electron chi connectivity index (χ4n) is 1.34. The summed E-state index contributed by atoms with van der Waals surface area (Å²) in [7, 11) is 0. The number of benzene rings is 1. The van der Waals surface area contributed by atoms with E-state index in [0.29, 0.717) is 0 Å². The molecule has 0 saturated heterocycles. The van der Waals surface area contributed by atoms with Gasteiger partial charge in [0, 0.05) is 23.9 Å². The quantitative estimate of drug-likeness (QED) is 0.901. The van der Waals surface area contributed by atoms with Gasteiger partial charge >= 0.3 is 0 Å². The molecule has 16 heavy (non-hydrogen) atoms. The van der Waals surface area contributed by atoms with Crippen molar-refractivity contribution >= 4 is 45.5 Å². The molecule has 2 nitrogen and oxygen atoms in total. The van der Waals surface area contributed by atoms with Crippen LogP contribution in [-0.2, 0) is 5.75 Å². The Morgan fingerprint density at radius 1 is 1.31 bits per heavy atom. The molecular formula is C11H14BrClN2S. The van der Waals surface area contributed by atoms with Crippen LogP contribution in [0.4, 0.5) is 0 Å². The fraction of sp³-hybridized carbons (Fsp3) is 0.364. The second kappa shape index (κ2) is 7.20. The van der Waals surface area contributed by atoms with Crippen molar-refractivity contribution in [2.75, 3.05) is 13.1 Å². The minimum absolute atomic E-state index is 0. The van der Waals surface area contributed by atoms with Gasteiger partial charge in [-0.25, -0.2) is 0 Å². The lowest BCUT2D eigenvalue weighted by atomic mass is 10.2. The van der Waals surface area contributed by atoms with Gasteiger partial charge in [-0.1, -0.05) is 35.5 Å². The maximum Gasteiger partial charge on any atom is 0.156 e. The van der Waals surface area contributed by atoms with Crippen molar-refractivity contribution in [1.82, 2.24) is 5.32 Å². The largest absolute Gasteiger partial charge is 0.365 e. The van der Waals surface area contributed by atoms with Gasteiger partial charge in [-0.2, -0.15) is 0 Å². The van der Waals surface area contributed by atoms with Crippen LogP contribution in [0.25, 0.3) is 0 Å². The molecule has 0 amide bonds. The third-order valence-corrected chi connectivity index (χ3v) is 3.43. The van der Waals surface area contributed by atoms with Crippen LogP contribution in [0.1, 0.15) is 12.0 Å². The molecule has 0 radical (unpaired) electrons. The third-order valence-electron chi connectivity index (χ3n) is 2.16. The van der Waals surface area contributed by atoms with E-state index in [-0.39, 0.29) is 17.0 Å². The number of hydrogen-bond acceptors (Lipinski definition) is 3. The Morgan fingerprint density at radius 2 is 2.06 bits per heavy atom. The van der Waals surface area contributed by atoms with Gasteiger partial charge in [0.2, 0.25) is 0 Å². The molecule has 1 N–H and O–H groups in total. The average Bonchev–Trinajstić information content (AvgIpc) is 2.30. The van der Waals surface area contributed by atoms with Crippen molar-refractivity contribution in [2.45, 2.75) is 12.2 Å². The Morgan fingerprint density at radius 3 is 2.69 bits per heavy atom. The maximum atomic E-state index is 5.82. The molecule has 1 aromatic carbocycles. The summed E-state index contributed by atoms with van der Waals surface area (Å²) in [4.78, 5) is 4.40. The molecule has 5 heteroatoms. The van der Waals surface area contributed by atoms with Gasteiger partial charge < -0.3 is 5.32 Å². The van der Waals surface area contributed by atoms with E-state index < -0.39 is 0 Å². The standard InChI is InChI=1S/C11H13ClN2S.BrH/c12-10-4-2-9(3-5-10)8-15-11-13-6-1-7-14-11;/h2-5H,1,6-8H2,(H,13,14);1H. The Bertz CT molecular complexity index is 354. The van der Waals surface area contributed by atoms with E-state index in [1.165, 1.54) is 5.56 Å². The zero-order valence-electron chi connectivity index (χ0n) is 8.78. The molecule has 1 aliphatic rings. The van der Waals surface area contributed by atoms with Crippen LogP contribution in [-0.4, -0.2) is 18.3 Å². The summed E-state index contributed by atoms with van der Waals surface area (Å²) >= 11 is 7.57. The van der Waals surface area contributed by atoms with Crippen molar-refractivity contribution in [1.29, 1.82) is 0 Å². The molecular weight excluding hydrogens is 308 g/mol. The second-order valence-corrected chi connectivity index (χ2v) is 4.78. The molecule has 0 fully saturated rings. The number of amidine groups is 1. The highest BCUT2D eigenvalue weighted by atomic mass is 79.9. The average molecular weight is 322 g/mol. The first-order chi connectivity index (χ1) is 7.34. The minimum atomic E-state index is 0. The van der Waals surface area contributed by atoms with Gasteiger partial charge in [0.15, 0.2) is 5.17 Å². The van der Waals surface area contributed by atoms with E-state index in [1.54, 1.807) is 11.8 Å². The topological polar surface area (TPSA) is 24.4 Å². The van der Waals surface area contributed by atoms with E-state index in [1.807, 2.05) is 12.1 Å². The van der Waals surface area contributed by atoms with E-state index >= 15 is 0 Å². The van der Waals surface area contributed by atoms with E-state index in [9.17, 15) is 0 Å². The number of thioether (sulfide) groups is 1. The molecule has 0 atom stereocenters. The van der Waals surface area contributed by atoms with E-state index in [4.69, 9.17) is 11.6 Å². The number of aliphatic imine (C=N–C) groups is 1. The SMILES string of the molecule is Br.Clc1ccc(CSC2=NCCCN2)cc1. The first-order valence-corrected chi connectivity index (χ1v) is 6.36. The van der Waals surface area contributed by atoms with Gasteiger partial charge in [-0.15, -0.1) is 17.0 Å². The highest BCUT2D eigenvalue weighted by molar-refractivity contribution is 8.93. The number of rotatable bonds is 2. The van der Waals surface area contributed by atoms with E-state index in [0.717, 1.165) is 35.5 Å². The lowest BCUT2D eigenvalue weighted by Gasteiger charge is -2.13. The molecule has 0 saturated carbocycles. The maximum absolute atomic E-state index is 5.82. The highest BCUT2D eigenvalue weighted by Crippen LogP contribution is 2.16. The number of halogens is 2. The van der Waals surface area contributed by atoms with Gasteiger partial charge in [-0.05, 0) is 24.1 Å². The first kappa shape index (κ1) is 13.9. The summed E-state index contributed by atoms with van der Waals surface area (Å²) in [5.41, 5.74) is 1.28. The molecule has 1 heterocycles. The summed E-state index contributed by atoms with van der Waals surface area (Å²) < 4.78 is 0. The summed E-state index contributed by atoms with van der Waals surface area (Å²) in [6.45, 7) is 2.00. The van der Waals surface area contributed by atoms with Crippen LogP contribution in [0.2, 0.25) is 5.02 Å². The number of hydrogen-bond donors (Lipinski definition) is 1. The Kier molecular flexibility index (Phi) is 6.24. The number of nitrogens with one attached hydrogen (secondary N) is 1. The van der Waals surface area contributed by atoms with Crippen molar-refractivity contribution in [3.8, 4) is 0 Å². The molecule has 88 valence electrons. The summed E-state index contributed by atoms with van der Waals surface area (Å²) in [5.74, 6) is 0.947. The van der Waals surface area contributed by atoms with Gasteiger partial charge in [0.05, 0.1) is 0 Å². The molecule has 0 aromatic heterocycles. The van der Waals surface area contributed by atoms with Crippen LogP contribution in [0, 0.1) is 0 Å². The first-order valence-electron chi connectivity index (χ1n) is 5.00. The highest BCUT2D eigenvalue weighted by Gasteiger charge is 2.04. The van der Waals surface area contributed by atoms with E-state index in [2.05, 4.69) is 22.4 Å². The fourth-order valence-corrected chi connectivity index (χ4v) is 2.35. The number of nitrogens with zero attached hydrogens (tertiary/aromatic N) is 1. The molecule has 0 spiro atoms. The van der Waals surface area contributed by atoms with Crippen LogP contribution in [0.3, 0.4) is 0 Å². The van der Waals surface area contributed by atoms with Gasteiger partial charge in [-0.3, -0.25) is 4.99 Å². The monoisotopic (exact) mass is 320 g/mol. The Balaban J connectivity index is 0.00000128. The van der Waals surface area contributed by atoms with Crippen molar-refractivity contribution in [3.05, 3.63) is 34.9 Å². The van der Waals surface area contributed by atoms with Crippen molar-refractivity contribution < 1.29 is 0 Å². The summed E-state index contributed by atoms with van der Waals surface area (Å²) in [6, 6.07) is 7.96. The molecule has 1 aromatic rings. The van der Waals surface area contributed by atoms with Crippen LogP contribution >= 0.6 is 40.3 Å². The molecule has 0 bridgehead atoms. The zero-order chi connectivity index (χ0) is 10.5. The van der Waals surface area contributed by atoms with Crippen molar-refractivity contribution in [3.63, 3.8) is 0 Å². The van der Waals surface area contributed by atoms with Gasteiger partial charge in [0.1, 0.15) is 0 Å². The van der Waals surface area contributed by atoms with Crippen LogP contribution in [0.5, 0.6) is 0 Å². The lowest BCUT2D eigenvalue weighted by Crippen LogP contribution is -2.26. The zero-order valence-corrected chi connectivity index (χ0v) is 12.1. The molecule has 0 aliphatic carbocycles. The normalized spacial score (nSPS) is 14.7. The molecule has 1 aliphatic heterocycles. The van der Waals surface area contributed by atoms with Crippen LogP contribution < -0.4 is 5.32 Å². The molecule has 2 rings (SSSR count). The smallest absolute Gasteiger partial charge is 0.156 e. The summed E-state index contributed by atoms with van der Waals surface area (Å²) in [5, 5.41) is 5.14. The van der Waals surface area contributed by atoms with Crippen LogP contribution in [0.15, 0.2) is 29.3 Å². The van der Waals surface area contributed by atoms with Gasteiger partial charge in [0.25, 0.3) is 0 Å². The Hall–Kier alpha value is -0.190. The van der Waals surface area contributed by atoms with Crippen molar-refractivity contribution in [2.24, 2.45) is 4.99 Å². The predicted molar refractivity (Wildman–Crippen MR) is 78.0 cm³/mol. The lowest BCUT2D eigenvalue weighted by molar-refractivity contribution is 0.751.